The molecule has 2 rings (SSSR count). The van der Waals surface area contributed by atoms with Crippen molar-refractivity contribution in [2.75, 3.05) is 0 Å². The van der Waals surface area contributed by atoms with Gasteiger partial charge in [0, 0.05) is 0 Å². The number of rotatable bonds is 2. The third-order valence-corrected chi connectivity index (χ3v) is 2.37. The summed E-state index contributed by atoms with van der Waals surface area (Å²) in [5.74, 6) is 0.550. The van der Waals surface area contributed by atoms with Gasteiger partial charge in [-0.3, -0.25) is 0 Å². The van der Waals surface area contributed by atoms with E-state index in [0.717, 1.165) is 30.4 Å². The molecule has 0 aromatic heterocycles. The monoisotopic (exact) mass is 166 g/mol. The minimum Gasteiger partial charge on any atom is -0.508 e. The zero-order valence-corrected chi connectivity index (χ0v) is 6.75. The quantitative estimate of drug-likeness (QED) is 0.702. The second-order valence-electron chi connectivity index (χ2n) is 3.24. The Kier molecular flexibility index (Phi) is 1.30. The molecule has 1 aromatic carbocycles. The van der Waals surface area contributed by atoms with Gasteiger partial charge in [-0.2, -0.15) is 0 Å². The van der Waals surface area contributed by atoms with Crippen molar-refractivity contribution in [1.29, 1.82) is 2.86 Å². The number of benzene rings is 1. The Morgan fingerprint density at radius 3 is 3.33 bits per heavy atom. The number of hydrogen-bond donors (Lipinski definition) is 2. The minimum atomic E-state index is -0.112. The SMILES string of the molecule is [2H]Oc1ccc2c(c1)CCCC2O[2H]. The van der Waals surface area contributed by atoms with Crippen LogP contribution in [0.5, 0.6) is 5.75 Å². The standard InChI is InChI=1S/C10H12O2/c11-8-4-5-9-7(6-8)2-1-3-10(9)12/h4-6,10-12H,1-3H2/i12D/hD. The molecule has 2 N–H and O–H groups in total. The molecule has 0 spiro atoms. The maximum absolute atomic E-state index is 6.96. The molecule has 0 saturated carbocycles. The number of aromatic hydroxyl groups is 1. The number of aliphatic hydroxyl groups excluding tert-OH is 1. The number of aryl methyl sites for hydroxylation is 1. The fourth-order valence-electron chi connectivity index (χ4n) is 1.75. The van der Waals surface area contributed by atoms with Crippen LogP contribution in [-0.4, -0.2) is 13.1 Å². The normalized spacial score (nSPS) is 23.8. The second kappa shape index (κ2) is 2.79. The molecule has 1 atom stereocenters. The molecule has 64 valence electrons. The van der Waals surface area contributed by atoms with Gasteiger partial charge in [0.2, 0.25) is 1.43 Å². The Hall–Kier alpha value is -1.02. The molecule has 0 fully saturated rings. The molecule has 0 radical (unpaired) electrons. The van der Waals surface area contributed by atoms with Crippen molar-refractivity contribution < 1.29 is 10.2 Å². The minimum absolute atomic E-state index is 0.112. The van der Waals surface area contributed by atoms with Crippen molar-refractivity contribution in [3.05, 3.63) is 29.3 Å². The maximum atomic E-state index is 6.96. The van der Waals surface area contributed by atoms with Crippen molar-refractivity contribution in [3.8, 4) is 5.75 Å². The highest BCUT2D eigenvalue weighted by molar-refractivity contribution is 5.37. The smallest absolute Gasteiger partial charge is 0.293 e. The second-order valence-corrected chi connectivity index (χ2v) is 3.24. The average molecular weight is 166 g/mol. The number of phenolic OH excluding ortho intramolecular Hbond substituents is 1. The van der Waals surface area contributed by atoms with E-state index >= 15 is 0 Å². The Morgan fingerprint density at radius 2 is 2.50 bits per heavy atom. The van der Waals surface area contributed by atoms with Gasteiger partial charge in [0.25, 0.3) is 1.43 Å². The molecule has 2 nitrogen and oxygen atoms in total. The van der Waals surface area contributed by atoms with Gasteiger partial charge in [0.1, 0.15) is 5.75 Å². The van der Waals surface area contributed by atoms with Crippen LogP contribution in [0.1, 0.15) is 30.1 Å². The van der Waals surface area contributed by atoms with E-state index in [0.29, 0.717) is 5.75 Å². The van der Waals surface area contributed by atoms with E-state index in [2.05, 4.69) is 10.2 Å². The highest BCUT2D eigenvalue weighted by Gasteiger charge is 2.17. The Labute approximate surface area is 74.5 Å². The van der Waals surface area contributed by atoms with Gasteiger partial charge in [-0.05, 0) is 42.5 Å². The van der Waals surface area contributed by atoms with Gasteiger partial charge in [-0.1, -0.05) is 6.07 Å². The topological polar surface area (TPSA) is 40.5 Å². The predicted molar refractivity (Wildman–Crippen MR) is 46.0 cm³/mol. The molecule has 12 heavy (non-hydrogen) atoms. The number of hydrogen-bond acceptors (Lipinski definition) is 2. The number of phenols is 1. The van der Waals surface area contributed by atoms with Gasteiger partial charge < -0.3 is 10.2 Å². The Bertz CT molecular complexity index is 328. The van der Waals surface area contributed by atoms with E-state index in [1.165, 1.54) is 0 Å². The lowest BCUT2D eigenvalue weighted by Crippen LogP contribution is -2.08. The molecule has 0 heterocycles. The summed E-state index contributed by atoms with van der Waals surface area (Å²) >= 11 is 0. The van der Waals surface area contributed by atoms with E-state index in [-0.39, 0.29) is 6.10 Å². The molecule has 2 heteroatoms. The molecule has 1 aliphatic carbocycles. The largest absolute Gasteiger partial charge is 0.508 e. The summed E-state index contributed by atoms with van der Waals surface area (Å²) in [5.41, 5.74) is 2.20. The first-order valence-corrected chi connectivity index (χ1v) is 4.23. The van der Waals surface area contributed by atoms with Gasteiger partial charge >= 0.3 is 0 Å². The van der Waals surface area contributed by atoms with Crippen LogP contribution < -0.4 is 0 Å². The summed E-state index contributed by atoms with van der Waals surface area (Å²) in [6.45, 7) is 0. The molecule has 0 amide bonds. The lowest BCUT2D eigenvalue weighted by molar-refractivity contribution is 0.156. The third-order valence-electron chi connectivity index (χ3n) is 2.37. The van der Waals surface area contributed by atoms with E-state index < -0.39 is 0 Å². The fraction of sp³-hybridized carbons (Fsp3) is 0.400. The highest BCUT2D eigenvalue weighted by Crippen LogP contribution is 2.31. The van der Waals surface area contributed by atoms with Gasteiger partial charge in [-0.15, -0.1) is 0 Å². The van der Waals surface area contributed by atoms with Gasteiger partial charge in [-0.25, -0.2) is 0 Å². The van der Waals surface area contributed by atoms with E-state index in [4.69, 9.17) is 2.86 Å². The summed E-state index contributed by atoms with van der Waals surface area (Å²) in [6, 6.07) is 5.48. The van der Waals surface area contributed by atoms with Crippen molar-refractivity contribution >= 4 is 0 Å². The van der Waals surface area contributed by atoms with Crippen molar-refractivity contribution in [2.45, 2.75) is 25.4 Å². The summed E-state index contributed by atoms with van der Waals surface area (Å²) in [6.07, 6.45) is 2.79. The summed E-state index contributed by atoms with van der Waals surface area (Å²) in [7, 11) is 0. The van der Waals surface area contributed by atoms with Crippen LogP contribution in [0.25, 0.3) is 0 Å². The molecule has 0 bridgehead atoms. The first-order valence-electron chi connectivity index (χ1n) is 5.04. The first-order chi connectivity index (χ1) is 6.85. The van der Waals surface area contributed by atoms with Crippen LogP contribution in [0.3, 0.4) is 0 Å². The molecule has 1 unspecified atom stereocenters. The number of fused-ring (bicyclic) bond motifs is 1. The van der Waals surface area contributed by atoms with E-state index in [1.807, 2.05) is 12.1 Å². The molecule has 1 aliphatic rings. The maximum Gasteiger partial charge on any atom is 0.293 e. The average Bonchev–Trinajstić information content (AvgIpc) is 2.27. The van der Waals surface area contributed by atoms with Gasteiger partial charge in [0.15, 0.2) is 0 Å². The predicted octanol–water partition coefficient (Wildman–Crippen LogP) is 1.76. The molecule has 0 saturated heterocycles. The van der Waals surface area contributed by atoms with Crippen molar-refractivity contribution in [1.82, 2.24) is 0 Å². The van der Waals surface area contributed by atoms with E-state index in [1.54, 1.807) is 6.07 Å². The Morgan fingerprint density at radius 1 is 1.50 bits per heavy atom. The number of aliphatic hydroxyl groups is 1. The molecular weight excluding hydrogens is 152 g/mol. The molecule has 1 aromatic rings. The highest BCUT2D eigenvalue weighted by atomic mass is 16.3. The van der Waals surface area contributed by atoms with E-state index in [9.17, 15) is 0 Å². The summed E-state index contributed by atoms with van der Waals surface area (Å²) in [4.78, 5) is 0. The fourth-order valence-corrected chi connectivity index (χ4v) is 1.75. The summed E-state index contributed by atoms with van der Waals surface area (Å²) < 4.78 is 13.7. The van der Waals surface area contributed by atoms with Gasteiger partial charge in [0.05, 0.1) is 6.10 Å². The van der Waals surface area contributed by atoms with Crippen LogP contribution in [0, 0.1) is 0 Å². The third kappa shape index (κ3) is 1.18. The molecule has 0 aliphatic heterocycles. The van der Waals surface area contributed by atoms with Crippen molar-refractivity contribution in [3.63, 3.8) is 0 Å². The zero-order valence-electron chi connectivity index (χ0n) is 8.75. The van der Waals surface area contributed by atoms with Crippen molar-refractivity contribution in [2.24, 2.45) is 0 Å². The lowest BCUT2D eigenvalue weighted by atomic mass is 9.89. The zero-order chi connectivity index (χ0) is 9.97. The first kappa shape index (κ1) is 5.60. The van der Waals surface area contributed by atoms with Crippen LogP contribution >= 0.6 is 0 Å². The van der Waals surface area contributed by atoms with Crippen LogP contribution in [0.2, 0.25) is 0 Å². The summed E-state index contributed by atoms with van der Waals surface area (Å²) in [5, 5.41) is 9.06. The molecular formula is C10H12O2. The van der Waals surface area contributed by atoms with Crippen LogP contribution in [0.4, 0.5) is 0 Å². The van der Waals surface area contributed by atoms with Crippen LogP contribution in [-0.2, 0) is 6.42 Å². The lowest BCUT2D eigenvalue weighted by Gasteiger charge is -2.20. The van der Waals surface area contributed by atoms with Crippen LogP contribution in [0.15, 0.2) is 18.2 Å². The Balaban J connectivity index is 2.35.